The Morgan fingerprint density at radius 3 is 2.24 bits per heavy atom. The lowest BCUT2D eigenvalue weighted by Gasteiger charge is -2.23. The molecule has 1 aromatic rings. The van der Waals surface area contributed by atoms with Gasteiger partial charge < -0.3 is 15.3 Å². The lowest BCUT2D eigenvalue weighted by molar-refractivity contribution is 0.267. The molecule has 1 aromatic heterocycles. The van der Waals surface area contributed by atoms with Crippen LogP contribution in [-0.2, 0) is 0 Å². The number of hydrogen-bond donors (Lipinski definition) is 4. The first-order valence-electron chi connectivity index (χ1n) is 7.40. The zero-order chi connectivity index (χ0) is 15.8. The van der Waals surface area contributed by atoms with E-state index in [1.54, 1.807) is 0 Å². The number of aromatic nitrogens is 3. The van der Waals surface area contributed by atoms with E-state index in [0.717, 1.165) is 13.1 Å². The second kappa shape index (κ2) is 8.58. The fraction of sp³-hybridized carbons (Fsp3) is 0.769. The lowest BCUT2D eigenvalue weighted by Crippen LogP contribution is -2.30. The number of nitrogens with two attached hydrogens (primary N) is 1. The number of nitrogens with one attached hydrogen (secondary N) is 2. The molecular weight excluding hydrogens is 270 g/mol. The quantitative estimate of drug-likeness (QED) is 0.391. The van der Waals surface area contributed by atoms with Gasteiger partial charge in [0.15, 0.2) is 0 Å². The van der Waals surface area contributed by atoms with Crippen molar-refractivity contribution in [1.29, 1.82) is 0 Å². The highest BCUT2D eigenvalue weighted by Crippen LogP contribution is 2.16. The molecule has 0 fully saturated rings. The van der Waals surface area contributed by atoms with E-state index in [1.807, 2.05) is 18.7 Å². The number of hydrogen-bond acceptors (Lipinski definition) is 8. The maximum Gasteiger partial charge on any atom is 0.243 e. The van der Waals surface area contributed by atoms with Crippen molar-refractivity contribution in [2.45, 2.75) is 40.2 Å². The van der Waals surface area contributed by atoms with Crippen molar-refractivity contribution in [2.75, 3.05) is 35.3 Å². The zero-order valence-corrected chi connectivity index (χ0v) is 13.3. The third-order valence-electron chi connectivity index (χ3n) is 3.36. The average molecular weight is 297 g/mol. The van der Waals surface area contributed by atoms with Gasteiger partial charge in [0.05, 0.1) is 0 Å². The Hall–Kier alpha value is -1.67. The van der Waals surface area contributed by atoms with Gasteiger partial charge >= 0.3 is 0 Å². The van der Waals surface area contributed by atoms with Crippen LogP contribution < -0.4 is 21.5 Å². The molecule has 0 amide bonds. The summed E-state index contributed by atoms with van der Waals surface area (Å²) < 4.78 is 0. The van der Waals surface area contributed by atoms with Gasteiger partial charge in [-0.1, -0.05) is 13.8 Å². The minimum atomic E-state index is 0.0903. The van der Waals surface area contributed by atoms with Gasteiger partial charge in [0.25, 0.3) is 0 Å². The highest BCUT2D eigenvalue weighted by Gasteiger charge is 2.16. The Labute approximate surface area is 126 Å². The predicted molar refractivity (Wildman–Crippen MR) is 85.1 cm³/mol. The van der Waals surface area contributed by atoms with Gasteiger partial charge in [-0.15, -0.1) is 0 Å². The Morgan fingerprint density at radius 2 is 1.76 bits per heavy atom. The summed E-state index contributed by atoms with van der Waals surface area (Å²) in [7, 11) is 0. The van der Waals surface area contributed by atoms with Crippen LogP contribution in [0.25, 0.3) is 0 Å². The van der Waals surface area contributed by atoms with Gasteiger partial charge in [-0.2, -0.15) is 15.0 Å². The molecule has 1 unspecified atom stereocenters. The standard InChI is InChI=1S/C13H27N7O/c1-5-20(6-2)13-17-11(16-12(18-13)19-14)15-10(7-8-21)9(3)4/h9-10,21H,5-8,14H2,1-4H3,(H2,15,16,17,18,19). The van der Waals surface area contributed by atoms with Gasteiger partial charge in [-0.25, -0.2) is 5.84 Å². The molecule has 0 aliphatic rings. The van der Waals surface area contributed by atoms with E-state index in [-0.39, 0.29) is 12.6 Å². The van der Waals surface area contributed by atoms with Crippen LogP contribution in [0.3, 0.4) is 0 Å². The van der Waals surface area contributed by atoms with Crippen LogP contribution in [-0.4, -0.2) is 45.8 Å². The molecule has 1 rings (SSSR count). The van der Waals surface area contributed by atoms with E-state index in [0.29, 0.717) is 30.2 Å². The molecule has 0 saturated carbocycles. The molecule has 8 nitrogen and oxygen atoms in total. The number of aliphatic hydroxyl groups is 1. The number of hydrazine groups is 1. The normalized spacial score (nSPS) is 12.3. The maximum absolute atomic E-state index is 9.15. The van der Waals surface area contributed by atoms with Gasteiger partial charge in [0.2, 0.25) is 17.8 Å². The van der Waals surface area contributed by atoms with Crippen LogP contribution in [0.2, 0.25) is 0 Å². The fourth-order valence-electron chi connectivity index (χ4n) is 2.02. The molecule has 120 valence electrons. The van der Waals surface area contributed by atoms with Crippen LogP contribution >= 0.6 is 0 Å². The van der Waals surface area contributed by atoms with Crippen LogP contribution in [0.1, 0.15) is 34.1 Å². The van der Waals surface area contributed by atoms with Crippen LogP contribution in [0, 0.1) is 5.92 Å². The van der Waals surface area contributed by atoms with E-state index in [1.165, 1.54) is 0 Å². The summed E-state index contributed by atoms with van der Waals surface area (Å²) in [6, 6.07) is 0.0903. The van der Waals surface area contributed by atoms with Gasteiger partial charge in [0, 0.05) is 25.7 Å². The highest BCUT2D eigenvalue weighted by atomic mass is 16.3. The van der Waals surface area contributed by atoms with Crippen molar-refractivity contribution in [3.05, 3.63) is 0 Å². The third-order valence-corrected chi connectivity index (χ3v) is 3.36. The van der Waals surface area contributed by atoms with E-state index in [2.05, 4.69) is 39.5 Å². The molecule has 0 spiro atoms. The molecule has 5 N–H and O–H groups in total. The molecule has 1 heterocycles. The van der Waals surface area contributed by atoms with Crippen molar-refractivity contribution in [3.63, 3.8) is 0 Å². The van der Waals surface area contributed by atoms with Crippen molar-refractivity contribution in [3.8, 4) is 0 Å². The van der Waals surface area contributed by atoms with Crippen molar-refractivity contribution >= 4 is 17.8 Å². The summed E-state index contributed by atoms with van der Waals surface area (Å²) >= 11 is 0. The molecule has 21 heavy (non-hydrogen) atoms. The van der Waals surface area contributed by atoms with Crippen molar-refractivity contribution in [2.24, 2.45) is 11.8 Å². The molecular formula is C13H27N7O. The first-order chi connectivity index (χ1) is 10.0. The van der Waals surface area contributed by atoms with Crippen LogP contribution in [0.5, 0.6) is 0 Å². The number of aliphatic hydroxyl groups excluding tert-OH is 1. The Bertz CT molecular complexity index is 423. The van der Waals surface area contributed by atoms with E-state index < -0.39 is 0 Å². The summed E-state index contributed by atoms with van der Waals surface area (Å²) in [4.78, 5) is 15.0. The number of nitrogen functional groups attached to an aromatic ring is 1. The topological polar surface area (TPSA) is 112 Å². The second-order valence-electron chi connectivity index (χ2n) is 5.11. The monoisotopic (exact) mass is 297 g/mol. The highest BCUT2D eigenvalue weighted by molar-refractivity contribution is 5.43. The Morgan fingerprint density at radius 1 is 1.14 bits per heavy atom. The maximum atomic E-state index is 9.15. The Balaban J connectivity index is 3.02. The second-order valence-corrected chi connectivity index (χ2v) is 5.11. The zero-order valence-electron chi connectivity index (χ0n) is 13.3. The first-order valence-corrected chi connectivity index (χ1v) is 7.40. The van der Waals surface area contributed by atoms with Crippen molar-refractivity contribution in [1.82, 2.24) is 15.0 Å². The third kappa shape index (κ3) is 4.98. The fourth-order valence-corrected chi connectivity index (χ4v) is 2.02. The molecule has 0 aliphatic heterocycles. The molecule has 0 aromatic carbocycles. The van der Waals surface area contributed by atoms with Crippen LogP contribution in [0.4, 0.5) is 17.8 Å². The SMILES string of the molecule is CCN(CC)c1nc(NN)nc(NC(CCO)C(C)C)n1. The molecule has 0 radical (unpaired) electrons. The van der Waals surface area contributed by atoms with E-state index >= 15 is 0 Å². The average Bonchev–Trinajstić information content (AvgIpc) is 2.47. The van der Waals surface area contributed by atoms with E-state index in [9.17, 15) is 0 Å². The number of anilines is 3. The number of nitrogens with zero attached hydrogens (tertiary/aromatic N) is 4. The number of rotatable bonds is 9. The van der Waals surface area contributed by atoms with Crippen LogP contribution in [0.15, 0.2) is 0 Å². The summed E-state index contributed by atoms with van der Waals surface area (Å²) in [6.45, 7) is 9.97. The molecule has 8 heteroatoms. The largest absolute Gasteiger partial charge is 0.396 e. The summed E-state index contributed by atoms with van der Waals surface area (Å²) in [6.07, 6.45) is 0.634. The minimum Gasteiger partial charge on any atom is -0.396 e. The van der Waals surface area contributed by atoms with Gasteiger partial charge in [0.1, 0.15) is 0 Å². The minimum absolute atomic E-state index is 0.0903. The molecule has 1 atom stereocenters. The summed E-state index contributed by atoms with van der Waals surface area (Å²) in [5.74, 6) is 7.14. The smallest absolute Gasteiger partial charge is 0.243 e. The van der Waals surface area contributed by atoms with E-state index in [4.69, 9.17) is 10.9 Å². The molecule has 0 aliphatic carbocycles. The Kier molecular flexibility index (Phi) is 7.10. The van der Waals surface area contributed by atoms with Gasteiger partial charge in [-0.3, -0.25) is 5.43 Å². The predicted octanol–water partition coefficient (Wildman–Crippen LogP) is 0.822. The summed E-state index contributed by atoms with van der Waals surface area (Å²) in [5, 5.41) is 12.4. The van der Waals surface area contributed by atoms with Crippen molar-refractivity contribution < 1.29 is 5.11 Å². The molecule has 0 saturated heterocycles. The lowest BCUT2D eigenvalue weighted by atomic mass is 10.0. The summed E-state index contributed by atoms with van der Waals surface area (Å²) in [5.41, 5.74) is 2.47. The first kappa shape index (κ1) is 17.4. The molecule has 0 bridgehead atoms. The van der Waals surface area contributed by atoms with Gasteiger partial charge in [-0.05, 0) is 26.2 Å².